The number of H-pyrrole nitrogens is 1. The van der Waals surface area contributed by atoms with Crippen LogP contribution >= 0.6 is 34.8 Å². The summed E-state index contributed by atoms with van der Waals surface area (Å²) < 4.78 is 0. The number of benzene rings is 1. The number of hydrogen-bond donors (Lipinski definition) is 2. The van der Waals surface area contributed by atoms with Gasteiger partial charge in [0.25, 0.3) is 5.91 Å². The van der Waals surface area contributed by atoms with Crippen LogP contribution in [0.3, 0.4) is 0 Å². The number of aromatic nitrogens is 2. The van der Waals surface area contributed by atoms with Gasteiger partial charge in [0.15, 0.2) is 0 Å². The maximum absolute atomic E-state index is 11.9. The molecule has 4 nitrogen and oxygen atoms in total. The van der Waals surface area contributed by atoms with Crippen LogP contribution in [0.25, 0.3) is 0 Å². The minimum atomic E-state index is -0.201. The SMILES string of the molecule is C[C@@H](Cc1c(Cl)cc(Cl)cc1Cl)NC(=O)c1cn[nH]c1. The van der Waals surface area contributed by atoms with Crippen LogP contribution < -0.4 is 5.32 Å². The van der Waals surface area contributed by atoms with Crippen LogP contribution in [0.2, 0.25) is 15.1 Å². The molecule has 0 radical (unpaired) electrons. The largest absolute Gasteiger partial charge is 0.349 e. The maximum atomic E-state index is 11.9. The molecule has 2 aromatic rings. The fourth-order valence-corrected chi connectivity index (χ4v) is 2.78. The van der Waals surface area contributed by atoms with Gasteiger partial charge in [-0.25, -0.2) is 0 Å². The molecule has 106 valence electrons. The molecule has 0 saturated heterocycles. The first-order valence-electron chi connectivity index (χ1n) is 5.90. The Bertz CT molecular complexity index is 590. The molecule has 1 heterocycles. The fourth-order valence-electron chi connectivity index (χ4n) is 1.81. The van der Waals surface area contributed by atoms with E-state index in [4.69, 9.17) is 34.8 Å². The Morgan fingerprint density at radius 3 is 2.55 bits per heavy atom. The summed E-state index contributed by atoms with van der Waals surface area (Å²) in [5.41, 5.74) is 1.24. The second-order valence-corrected chi connectivity index (χ2v) is 5.66. The first-order chi connectivity index (χ1) is 9.47. The first kappa shape index (κ1) is 15.2. The Labute approximate surface area is 131 Å². The highest BCUT2D eigenvalue weighted by molar-refractivity contribution is 6.39. The molecule has 0 saturated carbocycles. The molecule has 0 bridgehead atoms. The monoisotopic (exact) mass is 331 g/mol. The molecule has 1 atom stereocenters. The summed E-state index contributed by atoms with van der Waals surface area (Å²) in [6.45, 7) is 1.87. The van der Waals surface area contributed by atoms with Crippen molar-refractivity contribution in [2.24, 2.45) is 0 Å². The summed E-state index contributed by atoms with van der Waals surface area (Å²) in [4.78, 5) is 11.9. The number of nitrogens with zero attached hydrogens (tertiary/aromatic N) is 1. The predicted octanol–water partition coefficient (Wildman–Crippen LogP) is 3.73. The van der Waals surface area contributed by atoms with Crippen LogP contribution in [0.15, 0.2) is 24.5 Å². The van der Waals surface area contributed by atoms with Crippen LogP contribution in [0.4, 0.5) is 0 Å². The van der Waals surface area contributed by atoms with Crippen molar-refractivity contribution < 1.29 is 4.79 Å². The molecule has 1 amide bonds. The molecule has 0 spiro atoms. The van der Waals surface area contributed by atoms with Gasteiger partial charge in [0, 0.05) is 27.3 Å². The maximum Gasteiger partial charge on any atom is 0.254 e. The van der Waals surface area contributed by atoms with Gasteiger partial charge < -0.3 is 5.32 Å². The Morgan fingerprint density at radius 2 is 2.00 bits per heavy atom. The van der Waals surface area contributed by atoms with Crippen LogP contribution in [0.5, 0.6) is 0 Å². The highest BCUT2D eigenvalue weighted by Crippen LogP contribution is 2.29. The lowest BCUT2D eigenvalue weighted by Gasteiger charge is -2.15. The van der Waals surface area contributed by atoms with Crippen molar-refractivity contribution >= 4 is 40.7 Å². The lowest BCUT2D eigenvalue weighted by molar-refractivity contribution is 0.0940. The molecule has 1 aromatic heterocycles. The lowest BCUT2D eigenvalue weighted by atomic mass is 10.1. The van der Waals surface area contributed by atoms with Crippen LogP contribution in [0.1, 0.15) is 22.8 Å². The molecule has 0 fully saturated rings. The summed E-state index contributed by atoms with van der Waals surface area (Å²) in [7, 11) is 0. The van der Waals surface area contributed by atoms with Gasteiger partial charge in [0.05, 0.1) is 11.8 Å². The Morgan fingerprint density at radius 1 is 1.35 bits per heavy atom. The van der Waals surface area contributed by atoms with Crippen molar-refractivity contribution in [3.05, 3.63) is 50.7 Å². The summed E-state index contributed by atoms with van der Waals surface area (Å²) >= 11 is 18.1. The van der Waals surface area contributed by atoms with E-state index in [-0.39, 0.29) is 11.9 Å². The first-order valence-corrected chi connectivity index (χ1v) is 7.04. The summed E-state index contributed by atoms with van der Waals surface area (Å²) in [5, 5.41) is 10.6. The van der Waals surface area contributed by atoms with Gasteiger partial charge in [-0.1, -0.05) is 34.8 Å². The van der Waals surface area contributed by atoms with Crippen molar-refractivity contribution in [2.75, 3.05) is 0 Å². The normalized spacial score (nSPS) is 12.2. The van der Waals surface area contributed by atoms with Gasteiger partial charge in [-0.3, -0.25) is 9.89 Å². The molecule has 20 heavy (non-hydrogen) atoms. The molecule has 2 N–H and O–H groups in total. The van der Waals surface area contributed by atoms with Crippen molar-refractivity contribution in [1.29, 1.82) is 0 Å². The topological polar surface area (TPSA) is 57.8 Å². The molecular formula is C13H12Cl3N3O. The van der Waals surface area contributed by atoms with E-state index >= 15 is 0 Å². The number of nitrogens with one attached hydrogen (secondary N) is 2. The lowest BCUT2D eigenvalue weighted by Crippen LogP contribution is -2.34. The number of amides is 1. The molecule has 0 aliphatic carbocycles. The predicted molar refractivity (Wildman–Crippen MR) is 80.7 cm³/mol. The summed E-state index contributed by atoms with van der Waals surface area (Å²) in [6, 6.07) is 3.14. The standard InChI is InChI=1S/C13H12Cl3N3O/c1-7(19-13(20)8-5-17-18-6-8)2-10-11(15)3-9(14)4-12(10)16/h3-7H,2H2,1H3,(H,17,18)(H,19,20)/t7-/m0/s1. The zero-order valence-corrected chi connectivity index (χ0v) is 12.9. The van der Waals surface area contributed by atoms with Crippen molar-refractivity contribution in [3.63, 3.8) is 0 Å². The van der Waals surface area contributed by atoms with E-state index in [9.17, 15) is 4.79 Å². The van der Waals surface area contributed by atoms with Crippen LogP contribution in [-0.2, 0) is 6.42 Å². The highest BCUT2D eigenvalue weighted by Gasteiger charge is 2.15. The van der Waals surface area contributed by atoms with E-state index in [0.29, 0.717) is 27.1 Å². The quantitative estimate of drug-likeness (QED) is 0.896. The van der Waals surface area contributed by atoms with Gasteiger partial charge in [-0.15, -0.1) is 0 Å². The van der Waals surface area contributed by atoms with E-state index in [1.165, 1.54) is 12.4 Å². The van der Waals surface area contributed by atoms with E-state index in [1.54, 1.807) is 12.1 Å². The van der Waals surface area contributed by atoms with Gasteiger partial charge in [0.1, 0.15) is 0 Å². The second-order valence-electron chi connectivity index (χ2n) is 4.41. The molecule has 1 aromatic carbocycles. The van der Waals surface area contributed by atoms with E-state index in [1.807, 2.05) is 6.92 Å². The van der Waals surface area contributed by atoms with Crippen molar-refractivity contribution in [1.82, 2.24) is 15.5 Å². The summed E-state index contributed by atoms with van der Waals surface area (Å²) in [6.07, 6.45) is 3.51. The van der Waals surface area contributed by atoms with Gasteiger partial charge in [0.2, 0.25) is 0 Å². The highest BCUT2D eigenvalue weighted by atomic mass is 35.5. The van der Waals surface area contributed by atoms with E-state index in [0.717, 1.165) is 5.56 Å². The average molecular weight is 333 g/mol. The number of aromatic amines is 1. The van der Waals surface area contributed by atoms with E-state index in [2.05, 4.69) is 15.5 Å². The summed E-state index contributed by atoms with van der Waals surface area (Å²) in [5.74, 6) is -0.201. The molecule has 0 aliphatic rings. The molecular weight excluding hydrogens is 321 g/mol. The molecule has 0 aliphatic heterocycles. The third-order valence-electron chi connectivity index (χ3n) is 2.75. The zero-order chi connectivity index (χ0) is 14.7. The Kier molecular flexibility index (Phi) is 4.91. The third kappa shape index (κ3) is 3.66. The molecule has 0 unspecified atom stereocenters. The number of halogens is 3. The molecule has 7 heteroatoms. The third-order valence-corrected chi connectivity index (χ3v) is 3.65. The number of carbonyl (C=O) groups excluding carboxylic acids is 1. The van der Waals surface area contributed by atoms with Gasteiger partial charge >= 0.3 is 0 Å². The van der Waals surface area contributed by atoms with Crippen molar-refractivity contribution in [2.45, 2.75) is 19.4 Å². The fraction of sp³-hybridized carbons (Fsp3) is 0.231. The number of carbonyl (C=O) groups is 1. The Hall–Kier alpha value is -1.23. The minimum absolute atomic E-state index is 0.131. The van der Waals surface area contributed by atoms with Crippen LogP contribution in [0, 0.1) is 0 Å². The second kappa shape index (κ2) is 6.48. The van der Waals surface area contributed by atoms with Crippen molar-refractivity contribution in [3.8, 4) is 0 Å². The van der Waals surface area contributed by atoms with Crippen LogP contribution in [-0.4, -0.2) is 22.1 Å². The molecule has 2 rings (SSSR count). The zero-order valence-electron chi connectivity index (χ0n) is 10.6. The van der Waals surface area contributed by atoms with E-state index < -0.39 is 0 Å². The smallest absolute Gasteiger partial charge is 0.254 e. The number of rotatable bonds is 4. The average Bonchev–Trinajstić information content (AvgIpc) is 2.87. The van der Waals surface area contributed by atoms with Gasteiger partial charge in [-0.2, -0.15) is 5.10 Å². The minimum Gasteiger partial charge on any atom is -0.349 e. The van der Waals surface area contributed by atoms with Gasteiger partial charge in [-0.05, 0) is 31.0 Å². The number of hydrogen-bond acceptors (Lipinski definition) is 2. The Balaban J connectivity index is 2.05.